The van der Waals surface area contributed by atoms with E-state index in [0.717, 1.165) is 36.0 Å². The third kappa shape index (κ3) is 5.25. The van der Waals surface area contributed by atoms with Crippen LogP contribution < -0.4 is 10.6 Å². The van der Waals surface area contributed by atoms with Crippen LogP contribution >= 0.6 is 0 Å². The van der Waals surface area contributed by atoms with E-state index in [1.807, 2.05) is 50.6 Å². The summed E-state index contributed by atoms with van der Waals surface area (Å²) >= 11 is 0. The van der Waals surface area contributed by atoms with Crippen LogP contribution in [0.25, 0.3) is 0 Å². The number of hydrogen-bond acceptors (Lipinski definition) is 5. The van der Waals surface area contributed by atoms with Crippen molar-refractivity contribution in [1.82, 2.24) is 20.0 Å². The largest absolute Gasteiger partial charge is 0.496 e. The summed E-state index contributed by atoms with van der Waals surface area (Å²) < 4.78 is 13.1. The number of carbonyl (C=O) groups excluding carboxylic acids is 1. The van der Waals surface area contributed by atoms with Crippen LogP contribution in [-0.2, 0) is 16.7 Å². The number of allylic oxidation sites excluding steroid dienone is 4. The lowest BCUT2D eigenvalue weighted by Gasteiger charge is -2.17. The number of nitrogens with zero attached hydrogens (tertiary/aromatic N) is 3. The second kappa shape index (κ2) is 8.33. The Kier molecular flexibility index (Phi) is 5.87. The van der Waals surface area contributed by atoms with E-state index < -0.39 is 0 Å². The molecule has 0 aromatic carbocycles. The molecule has 0 bridgehead atoms. The minimum atomic E-state index is -0.339. The summed E-state index contributed by atoms with van der Waals surface area (Å²) in [5.74, 6) is 3.00. The normalized spacial score (nSPS) is 14.3. The van der Waals surface area contributed by atoms with Gasteiger partial charge in [-0.1, -0.05) is 25.9 Å². The number of ether oxygens (including phenoxy) is 1. The summed E-state index contributed by atoms with van der Waals surface area (Å²) in [5.41, 5.74) is 0.669. The first-order valence-electron chi connectivity index (χ1n) is 9.37. The topological polar surface area (TPSA) is 94.2 Å². The number of amides is 2. The smallest absolute Gasteiger partial charge is 0.324 e. The molecule has 1 aliphatic rings. The summed E-state index contributed by atoms with van der Waals surface area (Å²) in [6.45, 7) is 9.37. The van der Waals surface area contributed by atoms with Gasteiger partial charge in [0.1, 0.15) is 18.2 Å². The first kappa shape index (κ1) is 19.7. The maximum absolute atomic E-state index is 12.2. The minimum Gasteiger partial charge on any atom is -0.496 e. The zero-order valence-corrected chi connectivity index (χ0v) is 16.8. The molecule has 8 heteroatoms. The van der Waals surface area contributed by atoms with Crippen LogP contribution in [0.3, 0.4) is 0 Å². The van der Waals surface area contributed by atoms with Crippen LogP contribution in [0.4, 0.5) is 10.6 Å². The second-order valence-electron chi connectivity index (χ2n) is 7.75. The van der Waals surface area contributed by atoms with Crippen molar-refractivity contribution in [3.8, 4) is 0 Å². The second-order valence-corrected chi connectivity index (χ2v) is 7.75. The number of aryl methyl sites for hydroxylation is 1. The molecule has 0 saturated heterocycles. The van der Waals surface area contributed by atoms with E-state index in [1.54, 1.807) is 12.3 Å². The molecule has 0 radical (unpaired) electrons. The number of urea groups is 1. The molecule has 1 aliphatic carbocycles. The Morgan fingerprint density at radius 3 is 2.71 bits per heavy atom. The quantitative estimate of drug-likeness (QED) is 0.787. The van der Waals surface area contributed by atoms with Crippen LogP contribution in [-0.4, -0.2) is 27.3 Å². The standard InChI is InChI=1S/C20H27N5O3/c1-14-21-9-10-25(14)11-12-27-16-7-5-15(6-8-16)22-19(26)23-18-13-17(28-24-18)20(2,3)4/h5,7,9-10,13H,6,8,11-12H2,1-4H3,(H2,22,23,24,26). The molecule has 2 aromatic rings. The lowest BCUT2D eigenvalue weighted by molar-refractivity contribution is 0.189. The average molecular weight is 385 g/mol. The predicted octanol–water partition coefficient (Wildman–Crippen LogP) is 3.88. The van der Waals surface area contributed by atoms with E-state index >= 15 is 0 Å². The Labute approximate surface area is 164 Å². The van der Waals surface area contributed by atoms with Crippen LogP contribution in [0.1, 0.15) is 45.2 Å². The van der Waals surface area contributed by atoms with Gasteiger partial charge >= 0.3 is 6.03 Å². The maximum atomic E-state index is 12.2. The van der Waals surface area contributed by atoms with E-state index in [4.69, 9.17) is 9.26 Å². The summed E-state index contributed by atoms with van der Waals surface area (Å²) in [6, 6.07) is 1.40. The molecule has 3 rings (SSSR count). The van der Waals surface area contributed by atoms with Crippen molar-refractivity contribution < 1.29 is 14.1 Å². The van der Waals surface area contributed by atoms with Crippen molar-refractivity contribution >= 4 is 11.8 Å². The molecule has 2 heterocycles. The summed E-state index contributed by atoms with van der Waals surface area (Å²) in [6.07, 6.45) is 8.93. The van der Waals surface area contributed by atoms with Crippen LogP contribution in [0.5, 0.6) is 0 Å². The molecule has 2 N–H and O–H groups in total. The van der Waals surface area contributed by atoms with Crippen LogP contribution in [0.2, 0.25) is 0 Å². The predicted molar refractivity (Wildman–Crippen MR) is 106 cm³/mol. The van der Waals surface area contributed by atoms with Gasteiger partial charge in [0.15, 0.2) is 5.82 Å². The highest BCUT2D eigenvalue weighted by molar-refractivity contribution is 5.89. The SMILES string of the molecule is Cc1nccn1CCOC1=CC=C(NC(=O)Nc2cc(C(C)(C)C)on2)CC1. The third-order valence-corrected chi connectivity index (χ3v) is 4.42. The fourth-order valence-corrected chi connectivity index (χ4v) is 2.74. The van der Waals surface area contributed by atoms with Gasteiger partial charge in [0.25, 0.3) is 0 Å². The first-order valence-corrected chi connectivity index (χ1v) is 9.37. The van der Waals surface area contributed by atoms with Gasteiger partial charge < -0.3 is 19.1 Å². The molecule has 8 nitrogen and oxygen atoms in total. The van der Waals surface area contributed by atoms with E-state index in [-0.39, 0.29) is 11.4 Å². The molecule has 2 amide bonds. The Bertz CT molecular complexity index is 886. The van der Waals surface area contributed by atoms with Crippen molar-refractivity contribution in [2.75, 3.05) is 11.9 Å². The van der Waals surface area contributed by atoms with Crippen molar-refractivity contribution in [2.45, 2.75) is 52.5 Å². The molecule has 28 heavy (non-hydrogen) atoms. The monoisotopic (exact) mass is 385 g/mol. The number of rotatable bonds is 6. The fraction of sp³-hybridized carbons (Fsp3) is 0.450. The van der Waals surface area contributed by atoms with Gasteiger partial charge in [0.05, 0.1) is 12.3 Å². The summed E-state index contributed by atoms with van der Waals surface area (Å²) in [4.78, 5) is 16.3. The molecule has 0 fully saturated rings. The molecule has 0 spiro atoms. The number of nitrogens with one attached hydrogen (secondary N) is 2. The highest BCUT2D eigenvalue weighted by atomic mass is 16.5. The third-order valence-electron chi connectivity index (χ3n) is 4.42. The van der Waals surface area contributed by atoms with Gasteiger partial charge in [-0.15, -0.1) is 0 Å². The average Bonchev–Trinajstić information content (AvgIpc) is 3.26. The number of anilines is 1. The van der Waals surface area contributed by atoms with E-state index in [0.29, 0.717) is 18.8 Å². The van der Waals surface area contributed by atoms with E-state index in [2.05, 4.69) is 20.8 Å². The van der Waals surface area contributed by atoms with Gasteiger partial charge in [-0.25, -0.2) is 9.78 Å². The van der Waals surface area contributed by atoms with E-state index in [9.17, 15) is 4.79 Å². The summed E-state index contributed by atoms with van der Waals surface area (Å²) in [5, 5.41) is 9.41. The Hall–Kier alpha value is -3.03. The van der Waals surface area contributed by atoms with Crippen LogP contribution in [0, 0.1) is 6.92 Å². The lowest BCUT2D eigenvalue weighted by atomic mass is 9.93. The number of imidazole rings is 1. The Balaban J connectivity index is 1.45. The maximum Gasteiger partial charge on any atom is 0.324 e. The van der Waals surface area contributed by atoms with Crippen molar-refractivity contribution in [1.29, 1.82) is 0 Å². The van der Waals surface area contributed by atoms with Gasteiger partial charge in [0, 0.05) is 36.0 Å². The minimum absolute atomic E-state index is 0.160. The lowest BCUT2D eigenvalue weighted by Crippen LogP contribution is -2.29. The molecule has 0 saturated carbocycles. The number of hydrogen-bond donors (Lipinski definition) is 2. The van der Waals surface area contributed by atoms with Gasteiger partial charge in [-0.2, -0.15) is 0 Å². The fourth-order valence-electron chi connectivity index (χ4n) is 2.74. The molecule has 0 unspecified atom stereocenters. The molecular formula is C20H27N5O3. The molecule has 0 aliphatic heterocycles. The zero-order chi connectivity index (χ0) is 20.1. The van der Waals surface area contributed by atoms with Crippen molar-refractivity contribution in [3.63, 3.8) is 0 Å². The number of aromatic nitrogens is 3. The highest BCUT2D eigenvalue weighted by Gasteiger charge is 2.20. The van der Waals surface area contributed by atoms with Gasteiger partial charge in [-0.05, 0) is 25.5 Å². The van der Waals surface area contributed by atoms with Gasteiger partial charge in [0.2, 0.25) is 0 Å². The highest BCUT2D eigenvalue weighted by Crippen LogP contribution is 2.24. The molecular weight excluding hydrogens is 358 g/mol. The molecule has 150 valence electrons. The van der Waals surface area contributed by atoms with Crippen molar-refractivity contribution in [3.05, 3.63) is 53.7 Å². The van der Waals surface area contributed by atoms with Crippen LogP contribution in [0.15, 0.2) is 46.6 Å². The summed E-state index contributed by atoms with van der Waals surface area (Å²) in [7, 11) is 0. The van der Waals surface area contributed by atoms with E-state index in [1.165, 1.54) is 0 Å². The molecule has 0 atom stereocenters. The van der Waals surface area contributed by atoms with Gasteiger partial charge in [-0.3, -0.25) is 5.32 Å². The molecule has 2 aromatic heterocycles. The Morgan fingerprint density at radius 2 is 2.11 bits per heavy atom. The number of carbonyl (C=O) groups is 1. The van der Waals surface area contributed by atoms with Crippen molar-refractivity contribution in [2.24, 2.45) is 0 Å². The first-order chi connectivity index (χ1) is 13.3. The Morgan fingerprint density at radius 1 is 1.29 bits per heavy atom. The zero-order valence-electron chi connectivity index (χ0n) is 16.8.